The predicted octanol–water partition coefficient (Wildman–Crippen LogP) is 2.21. The first-order chi connectivity index (χ1) is 9.43. The largest absolute Gasteiger partial charge is 0.368 e. The second-order valence-electron chi connectivity index (χ2n) is 7.63. The van der Waals surface area contributed by atoms with Crippen LogP contribution in [0.4, 0.5) is 0 Å². The molecule has 3 aliphatic rings. The minimum atomic E-state index is -0.350. The van der Waals surface area contributed by atoms with Crippen molar-refractivity contribution in [2.75, 3.05) is 6.54 Å². The molecule has 4 nitrogen and oxygen atoms in total. The number of carbonyl (C=O) groups excluding carboxylic acids is 2. The molecule has 2 bridgehead atoms. The molecule has 2 aliphatic carbocycles. The fourth-order valence-electron chi connectivity index (χ4n) is 4.86. The van der Waals surface area contributed by atoms with Gasteiger partial charge in [0.05, 0.1) is 0 Å². The van der Waals surface area contributed by atoms with E-state index in [0.717, 1.165) is 19.3 Å². The summed E-state index contributed by atoms with van der Waals surface area (Å²) in [4.78, 5) is 25.5. The molecule has 112 valence electrons. The second-order valence-corrected chi connectivity index (χ2v) is 7.63. The maximum Gasteiger partial charge on any atom is 0.240 e. The van der Waals surface area contributed by atoms with Crippen molar-refractivity contribution in [3.05, 3.63) is 0 Å². The van der Waals surface area contributed by atoms with Crippen LogP contribution in [0.3, 0.4) is 0 Å². The SMILES string of the molecule is CC12CCC(CCC(=O)N3CCCC3C(N)=O)(CC1)C2. The number of rotatable bonds is 4. The fraction of sp³-hybridized carbons (Fsp3) is 0.875. The monoisotopic (exact) mass is 278 g/mol. The van der Waals surface area contributed by atoms with Gasteiger partial charge in [0.15, 0.2) is 0 Å². The Balaban J connectivity index is 1.56. The Morgan fingerprint density at radius 2 is 1.95 bits per heavy atom. The first-order valence-corrected chi connectivity index (χ1v) is 8.02. The molecule has 0 aromatic rings. The number of carbonyl (C=O) groups is 2. The molecule has 0 aromatic carbocycles. The van der Waals surface area contributed by atoms with Gasteiger partial charge in [0.2, 0.25) is 11.8 Å². The van der Waals surface area contributed by atoms with Gasteiger partial charge < -0.3 is 10.6 Å². The van der Waals surface area contributed by atoms with Crippen molar-refractivity contribution < 1.29 is 9.59 Å². The number of nitrogens with zero attached hydrogens (tertiary/aromatic N) is 1. The van der Waals surface area contributed by atoms with Crippen LogP contribution >= 0.6 is 0 Å². The van der Waals surface area contributed by atoms with Crippen LogP contribution < -0.4 is 5.73 Å². The Kier molecular flexibility index (Phi) is 3.30. The van der Waals surface area contributed by atoms with E-state index in [9.17, 15) is 9.59 Å². The number of primary amides is 1. The van der Waals surface area contributed by atoms with E-state index >= 15 is 0 Å². The lowest BCUT2D eigenvalue weighted by Gasteiger charge is -2.28. The maximum atomic E-state index is 12.4. The topological polar surface area (TPSA) is 63.4 Å². The van der Waals surface area contributed by atoms with Gasteiger partial charge in [0.1, 0.15) is 6.04 Å². The number of amides is 2. The highest BCUT2D eigenvalue weighted by Crippen LogP contribution is 2.63. The molecule has 1 unspecified atom stereocenters. The van der Waals surface area contributed by atoms with E-state index in [-0.39, 0.29) is 17.9 Å². The zero-order valence-corrected chi connectivity index (χ0v) is 12.5. The standard InChI is InChI=1S/C16H26N2O2/c1-15-6-8-16(11-15,9-7-15)5-4-13(19)18-10-2-3-12(18)14(17)20/h12H,2-11H2,1H3,(H2,17,20). The molecular formula is C16H26N2O2. The summed E-state index contributed by atoms with van der Waals surface area (Å²) >= 11 is 0. The molecule has 3 fully saturated rings. The van der Waals surface area contributed by atoms with Gasteiger partial charge in [-0.2, -0.15) is 0 Å². The van der Waals surface area contributed by atoms with Crippen molar-refractivity contribution >= 4 is 11.8 Å². The van der Waals surface area contributed by atoms with Gasteiger partial charge in [-0.25, -0.2) is 0 Å². The Morgan fingerprint density at radius 1 is 1.25 bits per heavy atom. The smallest absolute Gasteiger partial charge is 0.240 e. The van der Waals surface area contributed by atoms with Crippen molar-refractivity contribution in [3.8, 4) is 0 Å². The molecule has 4 heteroatoms. The molecular weight excluding hydrogens is 252 g/mol. The Bertz CT molecular complexity index is 424. The van der Waals surface area contributed by atoms with E-state index in [0.29, 0.717) is 23.8 Å². The summed E-state index contributed by atoms with van der Waals surface area (Å²) in [6.07, 6.45) is 9.78. The second kappa shape index (κ2) is 4.74. The third-order valence-corrected chi connectivity index (χ3v) is 6.09. The van der Waals surface area contributed by atoms with Gasteiger partial charge >= 0.3 is 0 Å². The molecule has 0 spiro atoms. The highest BCUT2D eigenvalue weighted by molar-refractivity contribution is 5.87. The van der Waals surface area contributed by atoms with E-state index in [2.05, 4.69) is 6.92 Å². The highest BCUT2D eigenvalue weighted by Gasteiger charge is 2.51. The first kappa shape index (κ1) is 13.9. The van der Waals surface area contributed by atoms with Crippen molar-refractivity contribution in [2.45, 2.75) is 70.8 Å². The number of likely N-dealkylation sites (tertiary alicyclic amines) is 1. The molecule has 2 N–H and O–H groups in total. The minimum Gasteiger partial charge on any atom is -0.368 e. The predicted molar refractivity (Wildman–Crippen MR) is 76.8 cm³/mol. The lowest BCUT2D eigenvalue weighted by Crippen LogP contribution is -2.43. The molecule has 2 amide bonds. The van der Waals surface area contributed by atoms with Gasteiger partial charge in [-0.3, -0.25) is 9.59 Å². The van der Waals surface area contributed by atoms with Crippen LogP contribution in [0.1, 0.15) is 64.7 Å². The third kappa shape index (κ3) is 2.33. The Labute approximate surface area is 121 Å². The highest BCUT2D eigenvalue weighted by atomic mass is 16.2. The molecule has 0 aromatic heterocycles. The average Bonchev–Trinajstić information content (AvgIpc) is 3.07. The molecule has 20 heavy (non-hydrogen) atoms. The maximum absolute atomic E-state index is 12.4. The van der Waals surface area contributed by atoms with E-state index < -0.39 is 0 Å². The molecule has 3 rings (SSSR count). The summed E-state index contributed by atoms with van der Waals surface area (Å²) in [6, 6.07) is -0.350. The van der Waals surface area contributed by atoms with Crippen LogP contribution in [0.15, 0.2) is 0 Å². The van der Waals surface area contributed by atoms with Crippen molar-refractivity contribution in [3.63, 3.8) is 0 Å². The molecule has 1 atom stereocenters. The fourth-order valence-corrected chi connectivity index (χ4v) is 4.86. The number of hydrogen-bond acceptors (Lipinski definition) is 2. The summed E-state index contributed by atoms with van der Waals surface area (Å²) in [5, 5.41) is 0. The van der Waals surface area contributed by atoms with Gasteiger partial charge in [-0.1, -0.05) is 6.92 Å². The Morgan fingerprint density at radius 3 is 2.50 bits per heavy atom. The van der Waals surface area contributed by atoms with E-state index in [1.165, 1.54) is 32.1 Å². The van der Waals surface area contributed by atoms with Crippen LogP contribution in [-0.4, -0.2) is 29.3 Å². The summed E-state index contributed by atoms with van der Waals surface area (Å²) < 4.78 is 0. The van der Waals surface area contributed by atoms with Crippen LogP contribution in [0.25, 0.3) is 0 Å². The quantitative estimate of drug-likeness (QED) is 0.857. The van der Waals surface area contributed by atoms with Crippen LogP contribution in [0.2, 0.25) is 0 Å². The van der Waals surface area contributed by atoms with E-state index in [1.807, 2.05) is 0 Å². The summed E-state index contributed by atoms with van der Waals surface area (Å²) in [5.74, 6) is -0.204. The summed E-state index contributed by atoms with van der Waals surface area (Å²) in [6.45, 7) is 3.10. The average molecular weight is 278 g/mol. The minimum absolute atomic E-state index is 0.140. The van der Waals surface area contributed by atoms with Crippen molar-refractivity contribution in [2.24, 2.45) is 16.6 Å². The van der Waals surface area contributed by atoms with E-state index in [4.69, 9.17) is 5.73 Å². The lowest BCUT2D eigenvalue weighted by molar-refractivity contribution is -0.137. The summed E-state index contributed by atoms with van der Waals surface area (Å²) in [5.41, 5.74) is 6.36. The normalized spacial score (nSPS) is 39.5. The zero-order valence-electron chi connectivity index (χ0n) is 12.5. The lowest BCUT2D eigenvalue weighted by atomic mass is 9.79. The number of hydrogen-bond donors (Lipinski definition) is 1. The van der Waals surface area contributed by atoms with Crippen LogP contribution in [0.5, 0.6) is 0 Å². The third-order valence-electron chi connectivity index (χ3n) is 6.09. The molecule has 1 heterocycles. The Hall–Kier alpha value is -1.06. The first-order valence-electron chi connectivity index (χ1n) is 8.02. The van der Waals surface area contributed by atoms with Crippen molar-refractivity contribution in [1.29, 1.82) is 0 Å². The molecule has 0 radical (unpaired) electrons. The summed E-state index contributed by atoms with van der Waals surface area (Å²) in [7, 11) is 0. The van der Waals surface area contributed by atoms with Gasteiger partial charge in [-0.15, -0.1) is 0 Å². The molecule has 1 saturated heterocycles. The van der Waals surface area contributed by atoms with Crippen LogP contribution in [-0.2, 0) is 9.59 Å². The zero-order chi connectivity index (χ0) is 14.4. The molecule has 1 aliphatic heterocycles. The molecule has 2 saturated carbocycles. The van der Waals surface area contributed by atoms with Crippen molar-refractivity contribution in [1.82, 2.24) is 4.90 Å². The number of nitrogens with two attached hydrogens (primary N) is 1. The van der Waals surface area contributed by atoms with Gasteiger partial charge in [0, 0.05) is 13.0 Å². The van der Waals surface area contributed by atoms with E-state index in [1.54, 1.807) is 4.90 Å². The van der Waals surface area contributed by atoms with Crippen LogP contribution in [0, 0.1) is 10.8 Å². The van der Waals surface area contributed by atoms with Gasteiger partial charge in [-0.05, 0) is 62.2 Å². The number of fused-ring (bicyclic) bond motifs is 2. The van der Waals surface area contributed by atoms with Gasteiger partial charge in [0.25, 0.3) is 0 Å².